The van der Waals surface area contributed by atoms with Gasteiger partial charge in [-0.3, -0.25) is 4.79 Å². The van der Waals surface area contributed by atoms with Crippen LogP contribution in [0.25, 0.3) is 5.65 Å². The summed E-state index contributed by atoms with van der Waals surface area (Å²) in [4.78, 5) is 33.5. The lowest BCUT2D eigenvalue weighted by Crippen LogP contribution is -2.42. The standard InChI is InChI=1S/C29H51N5O5Si2/c1-29(2,3)39-28(36)32-12-10-11-23(19-32)25-17-26(34-27(31-25)24(20-35)18-30-34)33(21-37-13-15-40(4,5)6)22-38-14-16-41(7,8)9/h17-18,20,23H,10-16,19,21-22H2,1-9H3. The molecule has 1 unspecified atom stereocenters. The smallest absolute Gasteiger partial charge is 0.410 e. The van der Waals surface area contributed by atoms with E-state index in [4.69, 9.17) is 19.2 Å². The number of aromatic nitrogens is 3. The normalized spacial score (nSPS) is 16.7. The van der Waals surface area contributed by atoms with E-state index in [2.05, 4.69) is 44.4 Å². The van der Waals surface area contributed by atoms with Gasteiger partial charge in [0.05, 0.1) is 17.5 Å². The molecule has 0 spiro atoms. The van der Waals surface area contributed by atoms with E-state index in [-0.39, 0.29) is 12.0 Å². The predicted molar refractivity (Wildman–Crippen MR) is 169 cm³/mol. The second-order valence-electron chi connectivity index (χ2n) is 14.5. The van der Waals surface area contributed by atoms with E-state index in [0.717, 1.165) is 42.7 Å². The summed E-state index contributed by atoms with van der Waals surface area (Å²) < 4.78 is 19.7. The number of fused-ring (bicyclic) bond motifs is 1. The second kappa shape index (κ2) is 13.8. The van der Waals surface area contributed by atoms with Gasteiger partial charge >= 0.3 is 6.09 Å². The van der Waals surface area contributed by atoms with Crippen LogP contribution in [0.3, 0.4) is 0 Å². The van der Waals surface area contributed by atoms with E-state index in [1.807, 2.05) is 31.7 Å². The first-order valence-electron chi connectivity index (χ1n) is 14.8. The summed E-state index contributed by atoms with van der Waals surface area (Å²) in [6.45, 7) is 22.8. The van der Waals surface area contributed by atoms with Crippen molar-refractivity contribution in [2.45, 2.75) is 96.5 Å². The van der Waals surface area contributed by atoms with Crippen LogP contribution in [0.5, 0.6) is 0 Å². The number of hydrogen-bond acceptors (Lipinski definition) is 8. The highest BCUT2D eigenvalue weighted by Gasteiger charge is 2.30. The van der Waals surface area contributed by atoms with E-state index in [0.29, 0.717) is 51.0 Å². The van der Waals surface area contributed by atoms with Crippen LogP contribution in [0.2, 0.25) is 51.4 Å². The van der Waals surface area contributed by atoms with Gasteiger partial charge in [-0.25, -0.2) is 9.78 Å². The Morgan fingerprint density at radius 3 is 2.22 bits per heavy atom. The second-order valence-corrected chi connectivity index (χ2v) is 25.7. The van der Waals surface area contributed by atoms with Crippen LogP contribution in [0.4, 0.5) is 10.6 Å². The minimum Gasteiger partial charge on any atom is -0.444 e. The molecule has 1 amide bonds. The van der Waals surface area contributed by atoms with Crippen LogP contribution in [0.1, 0.15) is 55.6 Å². The van der Waals surface area contributed by atoms with E-state index in [1.54, 1.807) is 15.6 Å². The molecule has 10 nitrogen and oxygen atoms in total. The summed E-state index contributed by atoms with van der Waals surface area (Å²) >= 11 is 0. The maximum Gasteiger partial charge on any atom is 0.410 e. The van der Waals surface area contributed by atoms with Gasteiger partial charge in [0.15, 0.2) is 11.9 Å². The first-order valence-corrected chi connectivity index (χ1v) is 22.2. The molecule has 0 radical (unpaired) electrons. The quantitative estimate of drug-likeness (QED) is 0.117. The minimum absolute atomic E-state index is 0.00288. The molecule has 12 heteroatoms. The Kier molecular flexibility index (Phi) is 11.2. The summed E-state index contributed by atoms with van der Waals surface area (Å²) in [5.41, 5.74) is 1.18. The molecule has 1 saturated heterocycles. The van der Waals surface area contributed by atoms with Crippen molar-refractivity contribution < 1.29 is 23.8 Å². The first-order chi connectivity index (χ1) is 19.1. The SMILES string of the molecule is CC(C)(C)OC(=O)N1CCCC(c2cc(N(COCC[Si](C)(C)C)COCC[Si](C)(C)C)n3ncc(C=O)c3n2)C1. The highest BCUT2D eigenvalue weighted by molar-refractivity contribution is 6.76. The minimum atomic E-state index is -1.25. The molecule has 1 atom stereocenters. The van der Waals surface area contributed by atoms with E-state index in [1.165, 1.54) is 0 Å². The van der Waals surface area contributed by atoms with Gasteiger partial charge in [-0.1, -0.05) is 39.3 Å². The molecule has 0 bridgehead atoms. The Hall–Kier alpha value is -2.29. The van der Waals surface area contributed by atoms with Crippen molar-refractivity contribution in [1.29, 1.82) is 0 Å². The monoisotopic (exact) mass is 605 g/mol. The average molecular weight is 606 g/mol. The van der Waals surface area contributed by atoms with Crippen molar-refractivity contribution in [1.82, 2.24) is 19.5 Å². The maximum absolute atomic E-state index is 12.9. The fraction of sp³-hybridized carbons (Fsp3) is 0.724. The zero-order valence-electron chi connectivity index (χ0n) is 26.7. The van der Waals surface area contributed by atoms with Crippen molar-refractivity contribution >= 4 is 40.0 Å². The average Bonchev–Trinajstić information content (AvgIpc) is 3.28. The topological polar surface area (TPSA) is 98.5 Å². The van der Waals surface area contributed by atoms with Gasteiger partial charge in [-0.05, 0) is 45.7 Å². The van der Waals surface area contributed by atoms with Crippen molar-refractivity contribution in [3.63, 3.8) is 0 Å². The lowest BCUT2D eigenvalue weighted by Gasteiger charge is -2.34. The third-order valence-electron chi connectivity index (χ3n) is 6.93. The molecule has 3 rings (SSSR count). The lowest BCUT2D eigenvalue weighted by atomic mass is 9.94. The number of ether oxygens (including phenoxy) is 3. The zero-order valence-corrected chi connectivity index (χ0v) is 28.7. The van der Waals surface area contributed by atoms with Gasteiger partial charge in [-0.2, -0.15) is 9.61 Å². The molecule has 1 fully saturated rings. The van der Waals surface area contributed by atoms with Gasteiger partial charge < -0.3 is 24.0 Å². The number of piperidine rings is 1. The molecule has 0 N–H and O–H groups in total. The number of carbonyl (C=O) groups excluding carboxylic acids is 2. The number of carbonyl (C=O) groups is 2. The molecule has 1 aliphatic rings. The van der Waals surface area contributed by atoms with Gasteiger partial charge in [-0.15, -0.1) is 0 Å². The molecule has 0 aromatic carbocycles. The number of likely N-dealkylation sites (tertiary alicyclic amines) is 1. The Balaban J connectivity index is 1.92. The van der Waals surface area contributed by atoms with E-state index >= 15 is 0 Å². The number of nitrogens with zero attached hydrogens (tertiary/aromatic N) is 5. The Labute approximate surface area is 247 Å². The molecular formula is C29H51N5O5Si2. The Bertz CT molecular complexity index is 1150. The third-order valence-corrected chi connectivity index (χ3v) is 10.3. The lowest BCUT2D eigenvalue weighted by molar-refractivity contribution is 0.0197. The number of hydrogen-bond donors (Lipinski definition) is 0. The van der Waals surface area contributed by atoms with Crippen LogP contribution in [-0.2, 0) is 14.2 Å². The predicted octanol–water partition coefficient (Wildman–Crippen LogP) is 6.09. The van der Waals surface area contributed by atoms with Crippen LogP contribution in [0, 0.1) is 0 Å². The molecule has 0 saturated carbocycles. The molecule has 2 aromatic heterocycles. The molecule has 230 valence electrons. The molecule has 0 aliphatic carbocycles. The molecule has 3 heterocycles. The van der Waals surface area contributed by atoms with Crippen molar-refractivity contribution in [3.8, 4) is 0 Å². The fourth-order valence-corrected chi connectivity index (χ4v) is 6.00. The zero-order chi connectivity index (χ0) is 30.4. The maximum atomic E-state index is 12.9. The van der Waals surface area contributed by atoms with Crippen LogP contribution >= 0.6 is 0 Å². The van der Waals surface area contributed by atoms with Crippen LogP contribution < -0.4 is 4.90 Å². The molecule has 2 aromatic rings. The Morgan fingerprint density at radius 2 is 1.68 bits per heavy atom. The number of amides is 1. The molecule has 1 aliphatic heterocycles. The van der Waals surface area contributed by atoms with Gasteiger partial charge in [0.2, 0.25) is 0 Å². The first kappa shape index (κ1) is 33.2. The van der Waals surface area contributed by atoms with E-state index in [9.17, 15) is 9.59 Å². The largest absolute Gasteiger partial charge is 0.444 e. The summed E-state index contributed by atoms with van der Waals surface area (Å²) in [7, 11) is -2.50. The number of rotatable bonds is 13. The van der Waals surface area contributed by atoms with Crippen LogP contribution in [0.15, 0.2) is 12.3 Å². The van der Waals surface area contributed by atoms with Gasteiger partial charge in [0, 0.05) is 54.4 Å². The highest BCUT2D eigenvalue weighted by Crippen LogP contribution is 2.30. The molecular weight excluding hydrogens is 555 g/mol. The summed E-state index contributed by atoms with van der Waals surface area (Å²) in [6, 6.07) is 4.14. The van der Waals surface area contributed by atoms with Gasteiger partial charge in [0.25, 0.3) is 0 Å². The summed E-state index contributed by atoms with van der Waals surface area (Å²) in [5.74, 6) is 0.755. The molecule has 41 heavy (non-hydrogen) atoms. The van der Waals surface area contributed by atoms with Crippen molar-refractivity contribution in [2.75, 3.05) is 44.7 Å². The summed E-state index contributed by atoms with van der Waals surface area (Å²) in [5, 5.41) is 4.51. The van der Waals surface area contributed by atoms with Crippen molar-refractivity contribution in [2.24, 2.45) is 0 Å². The number of aldehydes is 1. The van der Waals surface area contributed by atoms with Crippen molar-refractivity contribution in [3.05, 3.63) is 23.5 Å². The number of anilines is 1. The van der Waals surface area contributed by atoms with Crippen LogP contribution in [-0.4, -0.2) is 93.4 Å². The van der Waals surface area contributed by atoms with E-state index < -0.39 is 21.7 Å². The fourth-order valence-electron chi connectivity index (χ4n) is 4.49. The summed E-state index contributed by atoms with van der Waals surface area (Å²) in [6.07, 6.45) is 3.75. The highest BCUT2D eigenvalue weighted by atomic mass is 28.3. The van der Waals surface area contributed by atoms with Gasteiger partial charge in [0.1, 0.15) is 24.9 Å². The Morgan fingerprint density at radius 1 is 1.07 bits per heavy atom. The third kappa shape index (κ3) is 10.5.